The van der Waals surface area contributed by atoms with Gasteiger partial charge < -0.3 is 15.2 Å². The van der Waals surface area contributed by atoms with Crippen molar-refractivity contribution in [3.05, 3.63) is 88.2 Å². The maximum absolute atomic E-state index is 14.6. The summed E-state index contributed by atoms with van der Waals surface area (Å²) in [6.07, 6.45) is 6.61. The number of alkyl halides is 1. The fraction of sp³-hybridized carbons (Fsp3) is 0.486. The molecule has 3 aliphatic rings. The second-order valence-electron chi connectivity index (χ2n) is 12.9. The summed E-state index contributed by atoms with van der Waals surface area (Å²) >= 11 is 6.21. The number of hydrogen-bond donors (Lipinski definition) is 2. The number of halogens is 2. The fourth-order valence-electron chi connectivity index (χ4n) is 8.01. The second-order valence-corrected chi connectivity index (χ2v) is 13.4. The Hall–Kier alpha value is -3.12. The van der Waals surface area contributed by atoms with Crippen LogP contribution in [0.2, 0.25) is 5.02 Å². The van der Waals surface area contributed by atoms with Gasteiger partial charge in [0.25, 0.3) is 0 Å². The minimum Gasteiger partial charge on any atom is -0.493 e. The molecule has 1 aromatic heterocycles. The third kappa shape index (κ3) is 5.27. The molecule has 5 nitrogen and oxygen atoms in total. The Kier molecular flexibility index (Phi) is 7.95. The zero-order valence-electron chi connectivity index (χ0n) is 24.4. The summed E-state index contributed by atoms with van der Waals surface area (Å²) in [6, 6.07) is 17.9. The molecule has 1 fully saturated rings. The van der Waals surface area contributed by atoms with Crippen LogP contribution in [-0.2, 0) is 16.6 Å². The third-order valence-corrected chi connectivity index (χ3v) is 10.5. The summed E-state index contributed by atoms with van der Waals surface area (Å²) in [5, 5.41) is 14.4. The predicted octanol–water partition coefficient (Wildman–Crippen LogP) is 8.67. The molecule has 0 saturated heterocycles. The van der Waals surface area contributed by atoms with Crippen molar-refractivity contribution in [2.75, 3.05) is 11.9 Å². The standard InChI is InChI=1S/C35H40ClFN2O3/c1-22(21-42-30-12-17-38-32-29(37)11-10-23(2)31(30)32)18-25-19-24-6-3-4-9-28(24)34(25)13-15-35(16-14-34,33(40)41)39-27-8-5-7-26(36)20-27/h3-9,12,17,20,22-23,25,29,39H,10-11,13-16,18-19,21H2,1-2H3,(H,40,41)/t22-,23+,25?,29-,34?,35?/m1/s1. The number of benzene rings is 2. The lowest BCUT2D eigenvalue weighted by molar-refractivity contribution is -0.144. The van der Waals surface area contributed by atoms with E-state index in [9.17, 15) is 14.3 Å². The number of anilines is 1. The largest absolute Gasteiger partial charge is 0.493 e. The summed E-state index contributed by atoms with van der Waals surface area (Å²) in [5.41, 5.74) is 3.88. The number of carbonyl (C=O) groups is 1. The fourth-order valence-corrected chi connectivity index (χ4v) is 8.20. The highest BCUT2D eigenvalue weighted by Crippen LogP contribution is 2.56. The number of aromatic nitrogens is 1. The zero-order chi connectivity index (χ0) is 29.5. The van der Waals surface area contributed by atoms with Crippen molar-refractivity contribution in [1.29, 1.82) is 0 Å². The molecule has 0 aliphatic heterocycles. The molecule has 1 saturated carbocycles. The van der Waals surface area contributed by atoms with Gasteiger partial charge in [-0.25, -0.2) is 9.18 Å². The quantitative estimate of drug-likeness (QED) is 0.275. The number of hydrogen-bond acceptors (Lipinski definition) is 4. The molecule has 222 valence electrons. The first-order chi connectivity index (χ1) is 20.2. The van der Waals surface area contributed by atoms with Crippen molar-refractivity contribution >= 4 is 23.3 Å². The number of carboxylic acid groups (broad SMARTS) is 1. The number of aliphatic carboxylic acids is 1. The van der Waals surface area contributed by atoms with Crippen molar-refractivity contribution in [2.45, 2.75) is 88.3 Å². The van der Waals surface area contributed by atoms with Crippen molar-refractivity contribution < 1.29 is 19.0 Å². The van der Waals surface area contributed by atoms with Crippen LogP contribution < -0.4 is 10.1 Å². The molecule has 2 aromatic carbocycles. The van der Waals surface area contributed by atoms with Crippen LogP contribution in [0.15, 0.2) is 60.8 Å². The van der Waals surface area contributed by atoms with E-state index < -0.39 is 17.7 Å². The maximum atomic E-state index is 14.6. The van der Waals surface area contributed by atoms with Crippen molar-refractivity contribution in [2.24, 2.45) is 11.8 Å². The van der Waals surface area contributed by atoms with Crippen molar-refractivity contribution in [3.63, 3.8) is 0 Å². The van der Waals surface area contributed by atoms with E-state index in [4.69, 9.17) is 16.3 Å². The normalized spacial score (nSPS) is 29.0. The van der Waals surface area contributed by atoms with Gasteiger partial charge in [-0.05, 0) is 110 Å². The maximum Gasteiger partial charge on any atom is 0.329 e. The molecule has 1 spiro atoms. The summed E-state index contributed by atoms with van der Waals surface area (Å²) in [5.74, 6) is 0.859. The molecule has 2 N–H and O–H groups in total. The van der Waals surface area contributed by atoms with Gasteiger partial charge in [0.1, 0.15) is 17.5 Å². The molecular weight excluding hydrogens is 551 g/mol. The Labute approximate surface area is 252 Å². The SMILES string of the molecule is C[C@@H](COc1ccnc2c1[C@@H](C)CC[C@H]2F)CC1Cc2ccccc2C12CCC(Nc1cccc(Cl)c1)(C(=O)O)CC2. The Morgan fingerprint density at radius 1 is 1.14 bits per heavy atom. The first kappa shape index (κ1) is 29.0. The number of ether oxygens (including phenoxy) is 1. The molecule has 4 atom stereocenters. The lowest BCUT2D eigenvalue weighted by atomic mass is 9.59. The van der Waals surface area contributed by atoms with Gasteiger partial charge in [-0.2, -0.15) is 0 Å². The molecular formula is C35H40ClFN2O3. The van der Waals surface area contributed by atoms with E-state index in [2.05, 4.69) is 48.4 Å². The molecule has 0 bridgehead atoms. The summed E-state index contributed by atoms with van der Waals surface area (Å²) in [7, 11) is 0. The Morgan fingerprint density at radius 2 is 1.93 bits per heavy atom. The molecule has 0 radical (unpaired) electrons. The van der Waals surface area contributed by atoms with E-state index in [-0.39, 0.29) is 17.3 Å². The molecule has 7 heteroatoms. The van der Waals surface area contributed by atoms with Crippen LogP contribution in [0.25, 0.3) is 0 Å². The van der Waals surface area contributed by atoms with Crippen LogP contribution in [-0.4, -0.2) is 28.2 Å². The van der Waals surface area contributed by atoms with Crippen LogP contribution in [0.3, 0.4) is 0 Å². The lowest BCUT2D eigenvalue weighted by Crippen LogP contribution is -2.53. The minimum absolute atomic E-state index is 0.0639. The highest BCUT2D eigenvalue weighted by atomic mass is 35.5. The van der Waals surface area contributed by atoms with E-state index in [0.29, 0.717) is 42.5 Å². The van der Waals surface area contributed by atoms with Gasteiger partial charge in [0.2, 0.25) is 0 Å². The highest BCUT2D eigenvalue weighted by molar-refractivity contribution is 6.30. The summed E-state index contributed by atoms with van der Waals surface area (Å²) in [6.45, 7) is 4.92. The topological polar surface area (TPSA) is 71.5 Å². The molecule has 6 rings (SSSR count). The number of rotatable bonds is 8. The Bertz CT molecular complexity index is 1450. The first-order valence-corrected chi connectivity index (χ1v) is 15.7. The number of nitrogens with one attached hydrogen (secondary N) is 1. The van der Waals surface area contributed by atoms with Crippen molar-refractivity contribution in [3.8, 4) is 5.75 Å². The summed E-state index contributed by atoms with van der Waals surface area (Å²) in [4.78, 5) is 17.0. The molecule has 1 unspecified atom stereocenters. The second kappa shape index (κ2) is 11.5. The van der Waals surface area contributed by atoms with Gasteiger partial charge in [0, 0.05) is 22.5 Å². The van der Waals surface area contributed by atoms with Gasteiger partial charge in [-0.1, -0.05) is 55.8 Å². The van der Waals surface area contributed by atoms with Crippen LogP contribution >= 0.6 is 11.6 Å². The van der Waals surface area contributed by atoms with Crippen LogP contribution in [0, 0.1) is 11.8 Å². The monoisotopic (exact) mass is 590 g/mol. The van der Waals surface area contributed by atoms with Gasteiger partial charge in [-0.3, -0.25) is 4.98 Å². The molecule has 3 aliphatic carbocycles. The van der Waals surface area contributed by atoms with E-state index in [1.54, 1.807) is 18.3 Å². The third-order valence-electron chi connectivity index (χ3n) is 10.2. The molecule has 1 heterocycles. The molecule has 0 amide bonds. The van der Waals surface area contributed by atoms with E-state index in [1.807, 2.05) is 18.2 Å². The van der Waals surface area contributed by atoms with Crippen LogP contribution in [0.5, 0.6) is 5.75 Å². The molecule has 42 heavy (non-hydrogen) atoms. The Morgan fingerprint density at radius 3 is 2.69 bits per heavy atom. The van der Waals surface area contributed by atoms with E-state index in [0.717, 1.165) is 49.1 Å². The Balaban J connectivity index is 1.19. The average Bonchev–Trinajstić information content (AvgIpc) is 3.27. The van der Waals surface area contributed by atoms with Gasteiger partial charge >= 0.3 is 5.97 Å². The van der Waals surface area contributed by atoms with Gasteiger partial charge in [0.05, 0.1) is 12.3 Å². The minimum atomic E-state index is -1.03. The predicted molar refractivity (Wildman–Crippen MR) is 164 cm³/mol. The highest BCUT2D eigenvalue weighted by Gasteiger charge is 2.54. The summed E-state index contributed by atoms with van der Waals surface area (Å²) < 4.78 is 21.0. The van der Waals surface area contributed by atoms with E-state index >= 15 is 0 Å². The van der Waals surface area contributed by atoms with E-state index in [1.165, 1.54) is 11.1 Å². The van der Waals surface area contributed by atoms with Gasteiger partial charge in [0.15, 0.2) is 0 Å². The van der Waals surface area contributed by atoms with Gasteiger partial charge in [-0.15, -0.1) is 0 Å². The van der Waals surface area contributed by atoms with Crippen molar-refractivity contribution in [1.82, 2.24) is 4.98 Å². The number of fused-ring (bicyclic) bond motifs is 3. The van der Waals surface area contributed by atoms with Crippen LogP contribution in [0.1, 0.15) is 93.3 Å². The number of carboxylic acids is 1. The number of nitrogens with zero attached hydrogens (tertiary/aromatic N) is 1. The van der Waals surface area contributed by atoms with Crippen LogP contribution in [0.4, 0.5) is 10.1 Å². The average molecular weight is 591 g/mol. The first-order valence-electron chi connectivity index (χ1n) is 15.3. The zero-order valence-corrected chi connectivity index (χ0v) is 25.2. The molecule has 3 aromatic rings. The smallest absolute Gasteiger partial charge is 0.329 e. The lowest BCUT2D eigenvalue weighted by Gasteiger charge is -2.47. The number of pyridine rings is 1.